The number of aromatic nitrogens is 1. The molecule has 0 bridgehead atoms. The summed E-state index contributed by atoms with van der Waals surface area (Å²) in [7, 11) is 0. The van der Waals surface area contributed by atoms with Gasteiger partial charge in [0.25, 0.3) is 0 Å². The highest BCUT2D eigenvalue weighted by atomic mass is 35.5. The van der Waals surface area contributed by atoms with Gasteiger partial charge in [-0.3, -0.25) is 4.98 Å². The molecule has 0 fully saturated rings. The van der Waals surface area contributed by atoms with Gasteiger partial charge in [0.1, 0.15) is 17.3 Å². The SMILES string of the molecule is Fc1cncc(Oc2ccc(Cl)cc2)c1. The predicted octanol–water partition coefficient (Wildman–Crippen LogP) is 3.67. The van der Waals surface area contributed by atoms with Crippen LogP contribution in [0.15, 0.2) is 42.7 Å². The zero-order valence-corrected chi connectivity index (χ0v) is 8.41. The fourth-order valence-electron chi connectivity index (χ4n) is 1.09. The maximum atomic E-state index is 12.8. The van der Waals surface area contributed by atoms with Crippen LogP contribution >= 0.6 is 11.6 Å². The van der Waals surface area contributed by atoms with Crippen molar-refractivity contribution >= 4 is 11.6 Å². The lowest BCUT2D eigenvalue weighted by atomic mass is 10.3. The van der Waals surface area contributed by atoms with Gasteiger partial charge in [0.2, 0.25) is 0 Å². The minimum atomic E-state index is -0.429. The van der Waals surface area contributed by atoms with E-state index in [-0.39, 0.29) is 0 Å². The summed E-state index contributed by atoms with van der Waals surface area (Å²) < 4.78 is 18.1. The molecule has 0 aliphatic rings. The molecule has 2 nitrogen and oxygen atoms in total. The smallest absolute Gasteiger partial charge is 0.148 e. The molecule has 2 rings (SSSR count). The maximum absolute atomic E-state index is 12.8. The number of nitrogens with zero attached hydrogens (tertiary/aromatic N) is 1. The van der Waals surface area contributed by atoms with Gasteiger partial charge in [0.05, 0.1) is 12.4 Å². The van der Waals surface area contributed by atoms with Crippen molar-refractivity contribution in [2.75, 3.05) is 0 Å². The van der Waals surface area contributed by atoms with Crippen LogP contribution in [0.5, 0.6) is 11.5 Å². The number of hydrogen-bond donors (Lipinski definition) is 0. The molecule has 0 aliphatic carbocycles. The first-order valence-electron chi connectivity index (χ1n) is 4.28. The van der Waals surface area contributed by atoms with Crippen LogP contribution in [-0.4, -0.2) is 4.98 Å². The van der Waals surface area contributed by atoms with E-state index in [0.717, 1.165) is 6.20 Å². The van der Waals surface area contributed by atoms with E-state index < -0.39 is 5.82 Å². The molecular weight excluding hydrogens is 217 g/mol. The van der Waals surface area contributed by atoms with E-state index in [1.165, 1.54) is 12.3 Å². The summed E-state index contributed by atoms with van der Waals surface area (Å²) in [5.74, 6) is 0.519. The number of halogens is 2. The zero-order chi connectivity index (χ0) is 10.7. The van der Waals surface area contributed by atoms with Gasteiger partial charge in [-0.25, -0.2) is 4.39 Å². The second-order valence-corrected chi connectivity index (χ2v) is 3.33. The molecule has 1 aromatic carbocycles. The highest BCUT2D eigenvalue weighted by molar-refractivity contribution is 6.30. The predicted molar refractivity (Wildman–Crippen MR) is 55.7 cm³/mol. The first kappa shape index (κ1) is 9.93. The van der Waals surface area contributed by atoms with Gasteiger partial charge in [-0.05, 0) is 24.3 Å². The summed E-state index contributed by atoms with van der Waals surface area (Å²) in [5.41, 5.74) is 0. The summed E-state index contributed by atoms with van der Waals surface area (Å²) in [4.78, 5) is 3.67. The van der Waals surface area contributed by atoms with Gasteiger partial charge in [-0.2, -0.15) is 0 Å². The van der Waals surface area contributed by atoms with Crippen LogP contribution in [0.4, 0.5) is 4.39 Å². The zero-order valence-electron chi connectivity index (χ0n) is 7.65. The normalized spacial score (nSPS) is 10.0. The third-order valence-electron chi connectivity index (χ3n) is 1.73. The van der Waals surface area contributed by atoms with Crippen molar-refractivity contribution in [3.05, 3.63) is 53.6 Å². The minimum absolute atomic E-state index is 0.359. The highest BCUT2D eigenvalue weighted by Crippen LogP contribution is 2.22. The fourth-order valence-corrected chi connectivity index (χ4v) is 1.21. The van der Waals surface area contributed by atoms with E-state index >= 15 is 0 Å². The van der Waals surface area contributed by atoms with Gasteiger partial charge in [0, 0.05) is 11.1 Å². The third kappa shape index (κ3) is 2.67. The standard InChI is InChI=1S/C11H7ClFNO/c12-8-1-3-10(4-2-8)15-11-5-9(13)6-14-7-11/h1-7H. The molecule has 0 radical (unpaired) electrons. The monoisotopic (exact) mass is 223 g/mol. The van der Waals surface area contributed by atoms with Crippen LogP contribution in [0.3, 0.4) is 0 Å². The lowest BCUT2D eigenvalue weighted by molar-refractivity contribution is 0.473. The quantitative estimate of drug-likeness (QED) is 0.775. The molecule has 0 spiro atoms. The highest BCUT2D eigenvalue weighted by Gasteiger charge is 1.99. The summed E-state index contributed by atoms with van der Waals surface area (Å²) in [6, 6.07) is 8.06. The van der Waals surface area contributed by atoms with Gasteiger partial charge in [0.15, 0.2) is 0 Å². The van der Waals surface area contributed by atoms with Crippen molar-refractivity contribution in [3.8, 4) is 11.5 Å². The largest absolute Gasteiger partial charge is 0.456 e. The summed E-state index contributed by atoms with van der Waals surface area (Å²) in [6.45, 7) is 0. The second-order valence-electron chi connectivity index (χ2n) is 2.89. The summed E-state index contributed by atoms with van der Waals surface area (Å²) in [6.07, 6.45) is 2.56. The number of ether oxygens (including phenoxy) is 1. The van der Waals surface area contributed by atoms with E-state index in [4.69, 9.17) is 16.3 Å². The average molecular weight is 224 g/mol. The molecule has 1 aromatic heterocycles. The van der Waals surface area contributed by atoms with Crippen molar-refractivity contribution in [1.29, 1.82) is 0 Å². The average Bonchev–Trinajstić information content (AvgIpc) is 2.22. The molecule has 0 amide bonds. The Balaban J connectivity index is 2.18. The van der Waals surface area contributed by atoms with Crippen LogP contribution < -0.4 is 4.74 Å². The van der Waals surface area contributed by atoms with Crippen molar-refractivity contribution in [2.45, 2.75) is 0 Å². The molecule has 0 saturated heterocycles. The van der Waals surface area contributed by atoms with E-state index in [2.05, 4.69) is 4.98 Å². The summed E-state index contributed by atoms with van der Waals surface area (Å²) in [5, 5.41) is 0.625. The van der Waals surface area contributed by atoms with Crippen molar-refractivity contribution < 1.29 is 9.13 Å². The van der Waals surface area contributed by atoms with Crippen LogP contribution in [0.2, 0.25) is 5.02 Å². The second kappa shape index (κ2) is 4.28. The minimum Gasteiger partial charge on any atom is -0.456 e. The lowest BCUT2D eigenvalue weighted by Crippen LogP contribution is -1.86. The molecule has 0 aliphatic heterocycles. The van der Waals surface area contributed by atoms with Gasteiger partial charge >= 0.3 is 0 Å². The molecular formula is C11H7ClFNO. The van der Waals surface area contributed by atoms with E-state index in [1.807, 2.05) is 0 Å². The number of hydrogen-bond acceptors (Lipinski definition) is 2. The van der Waals surface area contributed by atoms with Crippen molar-refractivity contribution in [3.63, 3.8) is 0 Å². The first-order chi connectivity index (χ1) is 7.24. The van der Waals surface area contributed by atoms with E-state index in [1.54, 1.807) is 24.3 Å². The molecule has 2 aromatic rings. The molecule has 0 atom stereocenters. The Kier molecular flexibility index (Phi) is 2.83. The molecule has 76 valence electrons. The van der Waals surface area contributed by atoms with Crippen molar-refractivity contribution in [1.82, 2.24) is 4.98 Å². The molecule has 0 N–H and O–H groups in total. The number of rotatable bonds is 2. The number of benzene rings is 1. The molecule has 15 heavy (non-hydrogen) atoms. The Labute approximate surface area is 91.3 Å². The van der Waals surface area contributed by atoms with Gasteiger partial charge < -0.3 is 4.74 Å². The Morgan fingerprint density at radius 1 is 1.07 bits per heavy atom. The third-order valence-corrected chi connectivity index (χ3v) is 1.98. The number of pyridine rings is 1. The Bertz CT molecular complexity index is 458. The van der Waals surface area contributed by atoms with Crippen LogP contribution in [0.25, 0.3) is 0 Å². The van der Waals surface area contributed by atoms with E-state index in [9.17, 15) is 4.39 Å². The van der Waals surface area contributed by atoms with Crippen LogP contribution in [-0.2, 0) is 0 Å². The first-order valence-corrected chi connectivity index (χ1v) is 4.66. The Hall–Kier alpha value is -1.61. The topological polar surface area (TPSA) is 22.1 Å². The summed E-state index contributed by atoms with van der Waals surface area (Å²) >= 11 is 5.71. The molecule has 0 saturated carbocycles. The fraction of sp³-hybridized carbons (Fsp3) is 0. The molecule has 0 unspecified atom stereocenters. The Morgan fingerprint density at radius 3 is 2.47 bits per heavy atom. The van der Waals surface area contributed by atoms with Crippen LogP contribution in [0.1, 0.15) is 0 Å². The molecule has 1 heterocycles. The lowest BCUT2D eigenvalue weighted by Gasteiger charge is -2.04. The Morgan fingerprint density at radius 2 is 1.80 bits per heavy atom. The van der Waals surface area contributed by atoms with Crippen molar-refractivity contribution in [2.24, 2.45) is 0 Å². The van der Waals surface area contributed by atoms with Crippen LogP contribution in [0, 0.1) is 5.82 Å². The molecule has 4 heteroatoms. The van der Waals surface area contributed by atoms with E-state index in [0.29, 0.717) is 16.5 Å². The van der Waals surface area contributed by atoms with Gasteiger partial charge in [-0.1, -0.05) is 11.6 Å². The van der Waals surface area contributed by atoms with Gasteiger partial charge in [-0.15, -0.1) is 0 Å². The maximum Gasteiger partial charge on any atom is 0.148 e.